The van der Waals surface area contributed by atoms with Crippen LogP contribution in [0, 0.1) is 24.1 Å². The molecule has 35 heavy (non-hydrogen) atoms. The standard InChI is InChI=1S/C27H24FN5O2/c1-15-5-6-16-17(7-8-20(28)22(16)33-24(34)19-14-27(19)10-3-11-27)23(15)35-25-18(4-2-12-30-25)21-9-13-31-26(29)32-21/h2,4-9,12-13,19H,3,10-11,14H2,1H3,(H,33,34)(H2,29,31,32)/t19-/m0/s1. The normalized spacial score (nSPS) is 17.7. The molecule has 2 heterocycles. The van der Waals surface area contributed by atoms with Crippen molar-refractivity contribution in [2.75, 3.05) is 11.1 Å². The fourth-order valence-corrected chi connectivity index (χ4v) is 5.12. The van der Waals surface area contributed by atoms with Crippen molar-refractivity contribution in [3.63, 3.8) is 0 Å². The van der Waals surface area contributed by atoms with Crippen molar-refractivity contribution in [1.29, 1.82) is 0 Å². The molecule has 7 nitrogen and oxygen atoms in total. The highest BCUT2D eigenvalue weighted by Crippen LogP contribution is 2.65. The SMILES string of the molecule is Cc1ccc2c(NC(=O)[C@@H]3CC34CCC4)c(F)ccc2c1Oc1ncccc1-c1ccnc(N)n1. The molecule has 1 amide bonds. The Morgan fingerprint density at radius 1 is 1.11 bits per heavy atom. The quantitative estimate of drug-likeness (QED) is 0.392. The van der Waals surface area contributed by atoms with E-state index >= 15 is 0 Å². The minimum atomic E-state index is -0.473. The van der Waals surface area contributed by atoms with Crippen LogP contribution in [-0.4, -0.2) is 20.9 Å². The average Bonchev–Trinajstić information content (AvgIpc) is 3.60. The van der Waals surface area contributed by atoms with E-state index in [9.17, 15) is 9.18 Å². The fourth-order valence-electron chi connectivity index (χ4n) is 5.12. The Morgan fingerprint density at radius 2 is 1.94 bits per heavy atom. The number of amides is 1. The Balaban J connectivity index is 1.38. The molecule has 2 saturated carbocycles. The van der Waals surface area contributed by atoms with Crippen LogP contribution in [0.1, 0.15) is 31.2 Å². The summed E-state index contributed by atoms with van der Waals surface area (Å²) in [6.45, 7) is 1.91. The molecular weight excluding hydrogens is 445 g/mol. The number of halogens is 1. The van der Waals surface area contributed by atoms with Crippen molar-refractivity contribution in [2.45, 2.75) is 32.6 Å². The lowest BCUT2D eigenvalue weighted by Gasteiger charge is -2.26. The lowest BCUT2D eigenvalue weighted by atomic mass is 9.79. The Kier molecular flexibility index (Phi) is 4.91. The van der Waals surface area contributed by atoms with E-state index in [4.69, 9.17) is 10.5 Å². The molecule has 1 spiro atoms. The van der Waals surface area contributed by atoms with Crippen LogP contribution in [0.15, 0.2) is 54.9 Å². The van der Waals surface area contributed by atoms with Gasteiger partial charge in [-0.05, 0) is 67.5 Å². The van der Waals surface area contributed by atoms with Crippen LogP contribution in [0.2, 0.25) is 0 Å². The lowest BCUT2D eigenvalue weighted by Crippen LogP contribution is -2.23. The summed E-state index contributed by atoms with van der Waals surface area (Å²) >= 11 is 0. The maximum Gasteiger partial charge on any atom is 0.228 e. The smallest absolute Gasteiger partial charge is 0.228 e. The minimum absolute atomic E-state index is 0.0246. The van der Waals surface area contributed by atoms with Crippen molar-refractivity contribution in [3.05, 3.63) is 66.2 Å². The molecule has 2 aliphatic rings. The van der Waals surface area contributed by atoms with Crippen LogP contribution in [-0.2, 0) is 4.79 Å². The number of hydrogen-bond acceptors (Lipinski definition) is 6. The van der Waals surface area contributed by atoms with Crippen LogP contribution < -0.4 is 15.8 Å². The first-order valence-electron chi connectivity index (χ1n) is 11.7. The third-order valence-corrected chi connectivity index (χ3v) is 7.32. The summed E-state index contributed by atoms with van der Waals surface area (Å²) in [4.78, 5) is 25.6. The van der Waals surface area contributed by atoms with Gasteiger partial charge >= 0.3 is 0 Å². The van der Waals surface area contributed by atoms with Crippen molar-refractivity contribution in [3.8, 4) is 22.9 Å². The first-order valence-corrected chi connectivity index (χ1v) is 11.7. The second-order valence-electron chi connectivity index (χ2n) is 9.45. The van der Waals surface area contributed by atoms with E-state index in [1.165, 1.54) is 12.5 Å². The molecule has 0 bridgehead atoms. The number of rotatable bonds is 5. The maximum atomic E-state index is 14.9. The van der Waals surface area contributed by atoms with Gasteiger partial charge < -0.3 is 15.8 Å². The number of carbonyl (C=O) groups excluding carboxylic acids is 1. The minimum Gasteiger partial charge on any atom is -0.437 e. The predicted octanol–water partition coefficient (Wildman–Crippen LogP) is 5.64. The van der Waals surface area contributed by atoms with E-state index in [1.54, 1.807) is 30.6 Å². The summed E-state index contributed by atoms with van der Waals surface area (Å²) in [6.07, 6.45) is 7.44. The van der Waals surface area contributed by atoms with E-state index in [0.29, 0.717) is 33.7 Å². The second-order valence-corrected chi connectivity index (χ2v) is 9.45. The zero-order chi connectivity index (χ0) is 24.2. The van der Waals surface area contributed by atoms with Crippen molar-refractivity contribution >= 4 is 28.3 Å². The third kappa shape index (κ3) is 3.65. The van der Waals surface area contributed by atoms with Crippen molar-refractivity contribution < 1.29 is 13.9 Å². The number of anilines is 2. The molecule has 0 unspecified atom stereocenters. The largest absolute Gasteiger partial charge is 0.437 e. The van der Waals surface area contributed by atoms with Crippen LogP contribution in [0.25, 0.3) is 22.0 Å². The number of aromatic nitrogens is 3. The van der Waals surface area contributed by atoms with Gasteiger partial charge in [0, 0.05) is 29.1 Å². The van der Waals surface area contributed by atoms with Crippen LogP contribution in [0.4, 0.5) is 16.0 Å². The van der Waals surface area contributed by atoms with Crippen LogP contribution in [0.3, 0.4) is 0 Å². The Hall–Kier alpha value is -4.07. The van der Waals surface area contributed by atoms with Gasteiger partial charge in [-0.3, -0.25) is 4.79 Å². The van der Waals surface area contributed by atoms with Gasteiger partial charge in [-0.2, -0.15) is 0 Å². The highest BCUT2D eigenvalue weighted by Gasteiger charge is 2.60. The number of benzene rings is 2. The molecule has 3 N–H and O–H groups in total. The molecule has 4 aromatic rings. The number of nitrogens with two attached hydrogens (primary N) is 1. The van der Waals surface area contributed by atoms with E-state index in [1.807, 2.05) is 25.1 Å². The molecule has 1 atom stereocenters. The molecule has 0 aliphatic heterocycles. The molecule has 0 radical (unpaired) electrons. The lowest BCUT2D eigenvalue weighted by molar-refractivity contribution is -0.118. The molecule has 2 aromatic heterocycles. The number of pyridine rings is 1. The first kappa shape index (κ1) is 21.5. The highest BCUT2D eigenvalue weighted by atomic mass is 19.1. The van der Waals surface area contributed by atoms with E-state index in [2.05, 4.69) is 20.3 Å². The second kappa shape index (κ2) is 8.01. The summed E-state index contributed by atoms with van der Waals surface area (Å²) in [5.74, 6) is 0.409. The molecule has 6 rings (SSSR count). The van der Waals surface area contributed by atoms with E-state index in [-0.39, 0.29) is 28.9 Å². The number of nitrogen functional groups attached to an aromatic ring is 1. The number of carbonyl (C=O) groups is 1. The van der Waals surface area contributed by atoms with Gasteiger partial charge in [0.25, 0.3) is 0 Å². The average molecular weight is 470 g/mol. The Morgan fingerprint density at radius 3 is 2.69 bits per heavy atom. The fraction of sp³-hybridized carbons (Fsp3) is 0.259. The van der Waals surface area contributed by atoms with Crippen LogP contribution >= 0.6 is 0 Å². The monoisotopic (exact) mass is 469 g/mol. The number of hydrogen-bond donors (Lipinski definition) is 2. The molecular formula is C27H24FN5O2. The number of ether oxygens (including phenoxy) is 1. The first-order chi connectivity index (χ1) is 16.9. The molecule has 2 aromatic carbocycles. The predicted molar refractivity (Wildman–Crippen MR) is 131 cm³/mol. The third-order valence-electron chi connectivity index (χ3n) is 7.32. The Bertz CT molecular complexity index is 1480. The molecule has 2 fully saturated rings. The molecule has 176 valence electrons. The number of fused-ring (bicyclic) bond motifs is 1. The maximum absolute atomic E-state index is 14.9. The highest BCUT2D eigenvalue weighted by molar-refractivity contribution is 6.06. The zero-order valence-corrected chi connectivity index (χ0v) is 19.2. The number of aryl methyl sites for hydroxylation is 1. The van der Waals surface area contributed by atoms with Gasteiger partial charge in [0.15, 0.2) is 0 Å². The van der Waals surface area contributed by atoms with Gasteiger partial charge in [-0.1, -0.05) is 18.6 Å². The van der Waals surface area contributed by atoms with Gasteiger partial charge in [-0.15, -0.1) is 0 Å². The number of nitrogens with one attached hydrogen (secondary N) is 1. The van der Waals surface area contributed by atoms with Gasteiger partial charge in [0.05, 0.1) is 16.9 Å². The van der Waals surface area contributed by atoms with Crippen LogP contribution in [0.5, 0.6) is 11.6 Å². The summed E-state index contributed by atoms with van der Waals surface area (Å²) in [6, 6.07) is 12.0. The van der Waals surface area contributed by atoms with Gasteiger partial charge in [-0.25, -0.2) is 19.3 Å². The zero-order valence-electron chi connectivity index (χ0n) is 19.2. The van der Waals surface area contributed by atoms with Gasteiger partial charge in [0.1, 0.15) is 11.6 Å². The summed E-state index contributed by atoms with van der Waals surface area (Å²) < 4.78 is 21.3. The van der Waals surface area contributed by atoms with Crippen molar-refractivity contribution in [2.24, 2.45) is 11.3 Å². The summed E-state index contributed by atoms with van der Waals surface area (Å²) in [5.41, 5.74) is 8.18. The Labute approximate surface area is 201 Å². The molecule has 8 heteroatoms. The summed E-state index contributed by atoms with van der Waals surface area (Å²) in [7, 11) is 0. The summed E-state index contributed by atoms with van der Waals surface area (Å²) in [5, 5.41) is 4.13. The van der Waals surface area contributed by atoms with Crippen molar-refractivity contribution in [1.82, 2.24) is 15.0 Å². The van der Waals surface area contributed by atoms with E-state index < -0.39 is 5.82 Å². The molecule has 2 aliphatic carbocycles. The number of nitrogens with zero attached hydrogens (tertiary/aromatic N) is 3. The topological polar surface area (TPSA) is 103 Å². The molecule has 0 saturated heterocycles. The van der Waals surface area contributed by atoms with Gasteiger partial charge in [0.2, 0.25) is 17.7 Å². The van der Waals surface area contributed by atoms with E-state index in [0.717, 1.165) is 24.8 Å².